The second-order valence-corrected chi connectivity index (χ2v) is 9.71. The number of hydrogen-bond donors (Lipinski definition) is 2. The van der Waals surface area contributed by atoms with Gasteiger partial charge >= 0.3 is 6.18 Å². The Hall–Kier alpha value is -2.38. The summed E-state index contributed by atoms with van der Waals surface area (Å²) < 4.78 is 39.4. The monoisotopic (exact) mass is 461 g/mol. The van der Waals surface area contributed by atoms with Crippen LogP contribution in [0.3, 0.4) is 0 Å². The lowest BCUT2D eigenvalue weighted by molar-refractivity contribution is -0.258. The smallest absolute Gasteiger partial charge is 0.390 e. The number of benzene rings is 2. The third-order valence-electron chi connectivity index (χ3n) is 7.08. The molecule has 0 heterocycles. The molecule has 0 saturated heterocycles. The first kappa shape index (κ1) is 23.8. The first-order valence-electron chi connectivity index (χ1n) is 11.5. The van der Waals surface area contributed by atoms with E-state index >= 15 is 0 Å². The molecule has 178 valence electrons. The van der Waals surface area contributed by atoms with Gasteiger partial charge in [-0.15, -0.1) is 0 Å². The van der Waals surface area contributed by atoms with Crippen LogP contribution in [-0.4, -0.2) is 44.9 Å². The molecule has 4 nitrogen and oxygen atoms in total. The highest BCUT2D eigenvalue weighted by atomic mass is 19.4. The minimum absolute atomic E-state index is 0.000919. The van der Waals surface area contributed by atoms with Crippen LogP contribution >= 0.6 is 0 Å². The van der Waals surface area contributed by atoms with Gasteiger partial charge in [0.15, 0.2) is 5.60 Å². The SMILES string of the molecule is C[C@](O)(c1ccc(C(=O)N(C2CC2)[C@H]2CC[C@](O)(Cc3ccccc3)CC2)cc1)C(F)(F)F. The zero-order valence-electron chi connectivity index (χ0n) is 18.7. The Morgan fingerprint density at radius 2 is 1.52 bits per heavy atom. The molecule has 1 amide bonds. The molecule has 2 aliphatic rings. The van der Waals surface area contributed by atoms with Crippen molar-refractivity contribution >= 4 is 5.91 Å². The van der Waals surface area contributed by atoms with Crippen molar-refractivity contribution in [3.8, 4) is 0 Å². The summed E-state index contributed by atoms with van der Waals surface area (Å²) in [7, 11) is 0. The number of carbonyl (C=O) groups excluding carboxylic acids is 1. The summed E-state index contributed by atoms with van der Waals surface area (Å²) in [5.41, 5.74) is -2.66. The Morgan fingerprint density at radius 1 is 0.970 bits per heavy atom. The Balaban J connectivity index is 1.45. The van der Waals surface area contributed by atoms with Gasteiger partial charge in [0.1, 0.15) is 0 Å². The van der Waals surface area contributed by atoms with Gasteiger partial charge in [0, 0.05) is 24.1 Å². The second kappa shape index (κ2) is 8.76. The number of rotatable bonds is 6. The molecule has 2 N–H and O–H groups in total. The molecule has 2 aliphatic carbocycles. The molecule has 0 aromatic heterocycles. The molecule has 2 aromatic carbocycles. The Kier molecular flexibility index (Phi) is 6.31. The van der Waals surface area contributed by atoms with E-state index in [1.54, 1.807) is 0 Å². The molecule has 2 fully saturated rings. The number of halogens is 3. The molecule has 0 unspecified atom stereocenters. The molecular formula is C26H30F3NO3. The van der Waals surface area contributed by atoms with Gasteiger partial charge < -0.3 is 15.1 Å². The summed E-state index contributed by atoms with van der Waals surface area (Å²) in [6, 6.07) is 15.1. The molecule has 0 aliphatic heterocycles. The summed E-state index contributed by atoms with van der Waals surface area (Å²) >= 11 is 0. The van der Waals surface area contributed by atoms with Gasteiger partial charge in [-0.25, -0.2) is 0 Å². The van der Waals surface area contributed by atoms with Gasteiger partial charge in [0.2, 0.25) is 0 Å². The van der Waals surface area contributed by atoms with Crippen LogP contribution in [0.1, 0.15) is 66.9 Å². The molecule has 0 spiro atoms. The van der Waals surface area contributed by atoms with Crippen LogP contribution in [0.5, 0.6) is 0 Å². The lowest BCUT2D eigenvalue weighted by Gasteiger charge is -2.41. The van der Waals surface area contributed by atoms with Crippen LogP contribution in [0.25, 0.3) is 0 Å². The van der Waals surface area contributed by atoms with Crippen LogP contribution in [0, 0.1) is 0 Å². The maximum Gasteiger partial charge on any atom is 0.421 e. The third-order valence-corrected chi connectivity index (χ3v) is 7.08. The first-order valence-corrected chi connectivity index (χ1v) is 11.5. The van der Waals surface area contributed by atoms with E-state index in [1.807, 2.05) is 35.2 Å². The quantitative estimate of drug-likeness (QED) is 0.638. The molecule has 7 heteroatoms. The van der Waals surface area contributed by atoms with Crippen molar-refractivity contribution in [2.24, 2.45) is 0 Å². The van der Waals surface area contributed by atoms with E-state index in [0.717, 1.165) is 18.4 Å². The molecule has 0 bridgehead atoms. The molecule has 0 radical (unpaired) electrons. The lowest BCUT2D eigenvalue weighted by Crippen LogP contribution is -2.48. The fourth-order valence-electron chi connectivity index (χ4n) is 4.80. The molecule has 1 atom stereocenters. The Bertz CT molecular complexity index is 961. The lowest BCUT2D eigenvalue weighted by atomic mass is 9.78. The average Bonchev–Trinajstić information content (AvgIpc) is 3.60. The zero-order chi connectivity index (χ0) is 23.9. The highest BCUT2D eigenvalue weighted by Gasteiger charge is 2.51. The van der Waals surface area contributed by atoms with Crippen molar-refractivity contribution < 1.29 is 28.2 Å². The summed E-state index contributed by atoms with van der Waals surface area (Å²) in [5.74, 6) is -0.200. The van der Waals surface area contributed by atoms with E-state index in [2.05, 4.69) is 0 Å². The van der Waals surface area contributed by atoms with Crippen LogP contribution < -0.4 is 0 Å². The van der Waals surface area contributed by atoms with Crippen molar-refractivity contribution in [1.29, 1.82) is 0 Å². The van der Waals surface area contributed by atoms with Crippen LogP contribution in [0.2, 0.25) is 0 Å². The highest BCUT2D eigenvalue weighted by molar-refractivity contribution is 5.95. The predicted molar refractivity (Wildman–Crippen MR) is 119 cm³/mol. The molecule has 4 rings (SSSR count). The fraction of sp³-hybridized carbons (Fsp3) is 0.500. The van der Waals surface area contributed by atoms with E-state index in [-0.39, 0.29) is 23.6 Å². The van der Waals surface area contributed by atoms with Crippen LogP contribution in [0.4, 0.5) is 13.2 Å². The van der Waals surface area contributed by atoms with Crippen LogP contribution in [-0.2, 0) is 12.0 Å². The zero-order valence-corrected chi connectivity index (χ0v) is 18.7. The number of alkyl halides is 3. The molecule has 2 aromatic rings. The largest absolute Gasteiger partial charge is 0.421 e. The average molecular weight is 462 g/mol. The third kappa shape index (κ3) is 5.09. The normalized spacial score (nSPS) is 25.3. The molecule has 33 heavy (non-hydrogen) atoms. The van der Waals surface area contributed by atoms with Crippen molar-refractivity contribution in [2.45, 2.75) is 81.3 Å². The van der Waals surface area contributed by atoms with Gasteiger partial charge in [-0.2, -0.15) is 13.2 Å². The van der Waals surface area contributed by atoms with Crippen molar-refractivity contribution in [2.75, 3.05) is 0 Å². The maximum atomic E-state index is 13.3. The van der Waals surface area contributed by atoms with Gasteiger partial charge in [0.25, 0.3) is 5.91 Å². The summed E-state index contributed by atoms with van der Waals surface area (Å²) in [6.45, 7) is 0.707. The number of amides is 1. The van der Waals surface area contributed by atoms with E-state index in [1.165, 1.54) is 24.3 Å². The highest BCUT2D eigenvalue weighted by Crippen LogP contribution is 2.40. The van der Waals surface area contributed by atoms with Crippen LogP contribution in [0.15, 0.2) is 54.6 Å². The number of hydrogen-bond acceptors (Lipinski definition) is 3. The van der Waals surface area contributed by atoms with E-state index in [9.17, 15) is 28.2 Å². The van der Waals surface area contributed by atoms with Crippen molar-refractivity contribution in [1.82, 2.24) is 4.90 Å². The number of aliphatic hydroxyl groups is 2. The van der Waals surface area contributed by atoms with Gasteiger partial charge in [-0.05, 0) is 68.7 Å². The summed E-state index contributed by atoms with van der Waals surface area (Å²) in [6.07, 6.45) is 0.163. The van der Waals surface area contributed by atoms with E-state index < -0.39 is 17.4 Å². The molecule has 2 saturated carbocycles. The second-order valence-electron chi connectivity index (χ2n) is 9.71. The minimum atomic E-state index is -4.81. The fourth-order valence-corrected chi connectivity index (χ4v) is 4.80. The predicted octanol–water partition coefficient (Wildman–Crippen LogP) is 4.98. The van der Waals surface area contributed by atoms with Crippen molar-refractivity contribution in [3.05, 3.63) is 71.3 Å². The summed E-state index contributed by atoms with van der Waals surface area (Å²) in [5, 5.41) is 21.0. The van der Waals surface area contributed by atoms with Gasteiger partial charge in [-0.1, -0.05) is 42.5 Å². The molecular weight excluding hydrogens is 431 g/mol. The minimum Gasteiger partial charge on any atom is -0.390 e. The Labute approximate surface area is 192 Å². The van der Waals surface area contributed by atoms with Gasteiger partial charge in [-0.3, -0.25) is 4.79 Å². The van der Waals surface area contributed by atoms with E-state index in [4.69, 9.17) is 0 Å². The number of carbonyl (C=O) groups is 1. The van der Waals surface area contributed by atoms with Gasteiger partial charge in [0.05, 0.1) is 5.60 Å². The van der Waals surface area contributed by atoms with E-state index in [0.29, 0.717) is 44.6 Å². The first-order chi connectivity index (χ1) is 15.5. The summed E-state index contributed by atoms with van der Waals surface area (Å²) in [4.78, 5) is 15.2. The standard InChI is InChI=1S/C26H30F3NO3/c1-24(32,26(27,28)29)20-9-7-19(8-10-20)23(31)30(21-11-12-21)22-13-15-25(33,16-14-22)17-18-5-3-2-4-6-18/h2-10,21-22,32-33H,11-17H2,1H3/t22-,24-,25+/m0/s1. The maximum absolute atomic E-state index is 13.3. The topological polar surface area (TPSA) is 60.8 Å². The van der Waals surface area contributed by atoms with Crippen molar-refractivity contribution in [3.63, 3.8) is 0 Å². The Morgan fingerprint density at radius 3 is 2.03 bits per heavy atom. The number of nitrogens with zero attached hydrogens (tertiary/aromatic N) is 1.